The molecule has 0 aromatic carbocycles. The van der Waals surface area contributed by atoms with Crippen LogP contribution in [0.2, 0.25) is 0 Å². The number of hydrogen-bond acceptors (Lipinski definition) is 3. The quantitative estimate of drug-likeness (QED) is 0.619. The summed E-state index contributed by atoms with van der Waals surface area (Å²) >= 11 is 0. The van der Waals surface area contributed by atoms with Gasteiger partial charge in [0.15, 0.2) is 18.9 Å². The summed E-state index contributed by atoms with van der Waals surface area (Å²) in [5.41, 5.74) is 5.47. The Bertz CT molecular complexity index is 378. The van der Waals surface area contributed by atoms with Gasteiger partial charge >= 0.3 is 5.97 Å². The van der Waals surface area contributed by atoms with E-state index in [2.05, 4.69) is 4.74 Å². The zero-order chi connectivity index (χ0) is 13.3. The van der Waals surface area contributed by atoms with Gasteiger partial charge in [-0.05, 0) is 6.07 Å². The zero-order valence-electron chi connectivity index (χ0n) is 10.5. The van der Waals surface area contributed by atoms with Crippen molar-refractivity contribution in [2.24, 2.45) is 5.73 Å². The molecule has 1 rings (SSSR count). The van der Waals surface area contributed by atoms with Crippen molar-refractivity contribution < 1.29 is 18.9 Å². The maximum atomic E-state index is 11.2. The Morgan fingerprint density at radius 1 is 1.41 bits per heavy atom. The van der Waals surface area contributed by atoms with Crippen LogP contribution in [-0.2, 0) is 16.1 Å². The molecule has 0 atom stereocenters. The number of amides is 1. The topological polar surface area (TPSA) is 73.3 Å². The summed E-state index contributed by atoms with van der Waals surface area (Å²) in [5.74, 6) is -0.769. The molecular formula is C12H19N2O3+. The molecule has 2 N–H and O–H groups in total. The Balaban J connectivity index is 0.00000121. The molecular weight excluding hydrogens is 220 g/mol. The summed E-state index contributed by atoms with van der Waals surface area (Å²) in [6.45, 7) is 4.46. The number of hydrogen-bond donors (Lipinski definition) is 1. The lowest BCUT2D eigenvalue weighted by atomic mass is 10.3. The molecule has 5 nitrogen and oxygen atoms in total. The highest BCUT2D eigenvalue weighted by atomic mass is 16.5. The molecule has 0 saturated carbocycles. The van der Waals surface area contributed by atoms with E-state index in [4.69, 9.17) is 5.73 Å². The predicted molar refractivity (Wildman–Crippen MR) is 63.1 cm³/mol. The number of carbonyl (C=O) groups excluding carboxylic acids is 2. The van der Waals surface area contributed by atoms with Crippen LogP contribution in [0.4, 0.5) is 0 Å². The Morgan fingerprint density at radius 3 is 2.59 bits per heavy atom. The smallest absolute Gasteiger partial charge is 0.343 e. The Morgan fingerprint density at radius 2 is 2.06 bits per heavy atom. The lowest BCUT2D eigenvalue weighted by molar-refractivity contribution is -0.695. The molecule has 0 fully saturated rings. The third-order valence-corrected chi connectivity index (χ3v) is 1.90. The average Bonchev–Trinajstić information content (AvgIpc) is 2.38. The number of carbonyl (C=O) groups is 2. The second kappa shape index (κ2) is 8.27. The number of aryl methyl sites for hydroxylation is 1. The highest BCUT2D eigenvalue weighted by Gasteiger charge is 2.10. The molecule has 17 heavy (non-hydrogen) atoms. The Labute approximate surface area is 101 Å². The first-order valence-corrected chi connectivity index (χ1v) is 5.49. The van der Waals surface area contributed by atoms with E-state index in [-0.39, 0.29) is 12.3 Å². The monoisotopic (exact) mass is 239 g/mol. The molecule has 0 aliphatic heterocycles. The standard InChI is InChI=1S/C10H12N2O3.C2H6/c1-15-10(14)8-3-2-5-12(7-8)6-4-9(11)13;1-2/h2-3,5,7H,4,6H2,1H3,(H-,11,13);1-2H3/p+1. The van der Waals surface area contributed by atoms with Crippen molar-refractivity contribution in [3.63, 3.8) is 0 Å². The lowest BCUT2D eigenvalue weighted by Gasteiger charge is -1.98. The number of nitrogens with two attached hydrogens (primary N) is 1. The van der Waals surface area contributed by atoms with Gasteiger partial charge in [-0.3, -0.25) is 4.79 Å². The molecule has 0 saturated heterocycles. The molecule has 0 bridgehead atoms. The van der Waals surface area contributed by atoms with Gasteiger partial charge in [-0.25, -0.2) is 9.36 Å². The molecule has 0 unspecified atom stereocenters. The fourth-order valence-electron chi connectivity index (χ4n) is 1.14. The molecule has 1 heterocycles. The highest BCUT2D eigenvalue weighted by molar-refractivity contribution is 5.88. The average molecular weight is 239 g/mol. The zero-order valence-corrected chi connectivity index (χ0v) is 10.5. The van der Waals surface area contributed by atoms with E-state index in [1.165, 1.54) is 7.11 Å². The molecule has 0 aliphatic rings. The molecule has 0 aliphatic carbocycles. The van der Waals surface area contributed by atoms with Crippen LogP contribution >= 0.6 is 0 Å². The van der Waals surface area contributed by atoms with Gasteiger partial charge in [-0.15, -0.1) is 0 Å². The van der Waals surface area contributed by atoms with E-state index in [1.807, 2.05) is 13.8 Å². The minimum absolute atomic E-state index is 0.245. The van der Waals surface area contributed by atoms with Crippen molar-refractivity contribution in [2.45, 2.75) is 26.8 Å². The fraction of sp³-hybridized carbons (Fsp3) is 0.417. The van der Waals surface area contributed by atoms with Crippen molar-refractivity contribution in [1.29, 1.82) is 0 Å². The molecule has 1 aromatic rings. The van der Waals surface area contributed by atoms with E-state index in [1.54, 1.807) is 29.1 Å². The van der Waals surface area contributed by atoms with Gasteiger partial charge in [-0.2, -0.15) is 0 Å². The largest absolute Gasteiger partial charge is 0.465 e. The highest BCUT2D eigenvalue weighted by Crippen LogP contribution is 1.96. The Hall–Kier alpha value is -1.91. The van der Waals surface area contributed by atoms with Crippen molar-refractivity contribution in [1.82, 2.24) is 0 Å². The van der Waals surface area contributed by atoms with Crippen molar-refractivity contribution in [3.8, 4) is 0 Å². The SMILES string of the molecule is CC.COC(=O)c1ccc[n+](CCC(N)=O)c1. The maximum absolute atomic E-state index is 11.2. The first-order valence-electron chi connectivity index (χ1n) is 5.49. The van der Waals surface area contributed by atoms with Crippen LogP contribution in [0.15, 0.2) is 24.5 Å². The van der Waals surface area contributed by atoms with Crippen LogP contribution in [0.5, 0.6) is 0 Å². The fourth-order valence-corrected chi connectivity index (χ4v) is 1.14. The number of nitrogens with zero attached hydrogens (tertiary/aromatic N) is 1. The number of aromatic nitrogens is 1. The van der Waals surface area contributed by atoms with Crippen LogP contribution in [0.25, 0.3) is 0 Å². The van der Waals surface area contributed by atoms with Crippen molar-refractivity contribution in [2.75, 3.05) is 7.11 Å². The minimum atomic E-state index is -0.400. The summed E-state index contributed by atoms with van der Waals surface area (Å²) in [5, 5.41) is 0. The number of rotatable bonds is 4. The number of pyridine rings is 1. The normalized spacial score (nSPS) is 8.88. The summed E-state index contributed by atoms with van der Waals surface area (Å²) in [4.78, 5) is 21.7. The van der Waals surface area contributed by atoms with E-state index >= 15 is 0 Å². The van der Waals surface area contributed by atoms with Crippen LogP contribution in [-0.4, -0.2) is 19.0 Å². The van der Waals surface area contributed by atoms with Crippen LogP contribution in [0.1, 0.15) is 30.6 Å². The van der Waals surface area contributed by atoms with Gasteiger partial charge in [0.2, 0.25) is 5.91 Å². The molecule has 0 radical (unpaired) electrons. The molecule has 1 aromatic heterocycles. The number of ether oxygens (including phenoxy) is 1. The van der Waals surface area contributed by atoms with Crippen LogP contribution < -0.4 is 10.3 Å². The maximum Gasteiger partial charge on any atom is 0.343 e. The van der Waals surface area contributed by atoms with Crippen LogP contribution in [0, 0.1) is 0 Å². The lowest BCUT2D eigenvalue weighted by Crippen LogP contribution is -2.36. The van der Waals surface area contributed by atoms with Gasteiger partial charge in [0, 0.05) is 6.07 Å². The first kappa shape index (κ1) is 15.1. The third-order valence-electron chi connectivity index (χ3n) is 1.90. The van der Waals surface area contributed by atoms with E-state index in [0.717, 1.165) is 0 Å². The predicted octanol–water partition coefficient (Wildman–Crippen LogP) is 0.662. The summed E-state index contributed by atoms with van der Waals surface area (Å²) < 4.78 is 6.29. The van der Waals surface area contributed by atoms with Gasteiger partial charge < -0.3 is 10.5 Å². The van der Waals surface area contributed by atoms with E-state index in [0.29, 0.717) is 12.1 Å². The summed E-state index contributed by atoms with van der Waals surface area (Å²) in [6, 6.07) is 3.36. The summed E-state index contributed by atoms with van der Waals surface area (Å²) in [6.07, 6.45) is 3.62. The van der Waals surface area contributed by atoms with Crippen molar-refractivity contribution in [3.05, 3.63) is 30.1 Å². The molecule has 94 valence electrons. The summed E-state index contributed by atoms with van der Waals surface area (Å²) in [7, 11) is 1.32. The van der Waals surface area contributed by atoms with Gasteiger partial charge in [0.25, 0.3) is 0 Å². The van der Waals surface area contributed by atoms with Crippen molar-refractivity contribution >= 4 is 11.9 Å². The van der Waals surface area contributed by atoms with Gasteiger partial charge in [0.05, 0.1) is 13.5 Å². The van der Waals surface area contributed by atoms with E-state index in [9.17, 15) is 9.59 Å². The molecule has 1 amide bonds. The second-order valence-corrected chi connectivity index (χ2v) is 3.04. The molecule has 5 heteroatoms. The second-order valence-electron chi connectivity index (χ2n) is 3.04. The first-order chi connectivity index (χ1) is 8.13. The Kier molecular flexibility index (Phi) is 7.34. The minimum Gasteiger partial charge on any atom is -0.465 e. The van der Waals surface area contributed by atoms with Gasteiger partial charge in [-0.1, -0.05) is 13.8 Å². The number of esters is 1. The molecule has 0 spiro atoms. The van der Waals surface area contributed by atoms with Crippen LogP contribution in [0.3, 0.4) is 0 Å². The number of methoxy groups -OCH3 is 1. The number of primary amides is 1. The van der Waals surface area contributed by atoms with Gasteiger partial charge in [0.1, 0.15) is 5.56 Å². The third kappa shape index (κ3) is 5.65. The van der Waals surface area contributed by atoms with E-state index < -0.39 is 5.97 Å².